The number of ether oxygens (including phenoxy) is 1. The summed E-state index contributed by atoms with van der Waals surface area (Å²) in [6.07, 6.45) is 3.27. The molecule has 1 aliphatic heterocycles. The number of aliphatic carboxylic acids is 1. The Balaban J connectivity index is 1.28. The van der Waals surface area contributed by atoms with E-state index in [0.717, 1.165) is 61.4 Å². The second-order valence-electron chi connectivity index (χ2n) is 10.00. The van der Waals surface area contributed by atoms with Crippen LogP contribution in [-0.2, 0) is 4.79 Å². The van der Waals surface area contributed by atoms with Crippen molar-refractivity contribution in [1.29, 1.82) is 0 Å². The molecular formula is C26H31ClN4O3S. The Labute approximate surface area is 214 Å². The molecule has 3 aromatic rings. The molecule has 1 saturated heterocycles. The highest BCUT2D eigenvalue weighted by atomic mass is 35.5. The number of benzene rings is 1. The number of H-pyrrole nitrogens is 1. The molecule has 2 aromatic heterocycles. The summed E-state index contributed by atoms with van der Waals surface area (Å²) in [6.45, 7) is 5.77. The van der Waals surface area contributed by atoms with E-state index in [-0.39, 0.29) is 12.0 Å². The van der Waals surface area contributed by atoms with E-state index in [1.807, 2.05) is 31.7 Å². The number of nitrogens with zero attached hydrogens (tertiary/aromatic N) is 3. The first-order valence-electron chi connectivity index (χ1n) is 12.2. The maximum Gasteiger partial charge on any atom is 0.309 e. The van der Waals surface area contributed by atoms with Gasteiger partial charge in [0, 0.05) is 35.8 Å². The SMILES string of the molecule is CC(C)(C(=O)O)[C@H]1CC[C@H](Oc2nc3nc(-c4ccc(N5CCSCC5)cc4)c(Cl)cc3[nH]2)CC1. The Morgan fingerprint density at radius 1 is 1.14 bits per heavy atom. The molecule has 3 heterocycles. The molecule has 0 amide bonds. The highest BCUT2D eigenvalue weighted by Crippen LogP contribution is 2.39. The lowest BCUT2D eigenvalue weighted by Crippen LogP contribution is -2.37. The molecule has 5 rings (SSSR count). The van der Waals surface area contributed by atoms with Crippen LogP contribution >= 0.6 is 23.4 Å². The molecule has 1 aromatic carbocycles. The molecule has 1 saturated carbocycles. The number of imidazole rings is 1. The van der Waals surface area contributed by atoms with Gasteiger partial charge >= 0.3 is 5.97 Å². The van der Waals surface area contributed by atoms with Crippen LogP contribution in [0.25, 0.3) is 22.4 Å². The summed E-state index contributed by atoms with van der Waals surface area (Å²) in [7, 11) is 0. The van der Waals surface area contributed by atoms with Crippen LogP contribution in [0.2, 0.25) is 5.02 Å². The number of hydrogen-bond acceptors (Lipinski definition) is 6. The summed E-state index contributed by atoms with van der Waals surface area (Å²) < 4.78 is 6.13. The van der Waals surface area contributed by atoms with Crippen LogP contribution in [0.4, 0.5) is 5.69 Å². The largest absolute Gasteiger partial charge is 0.481 e. The second kappa shape index (κ2) is 9.90. The fourth-order valence-corrected chi connectivity index (χ4v) is 6.20. The molecule has 0 atom stereocenters. The first kappa shape index (κ1) is 24.3. The zero-order valence-electron chi connectivity index (χ0n) is 20.1. The lowest BCUT2D eigenvalue weighted by atomic mass is 9.70. The molecular weight excluding hydrogens is 484 g/mol. The average Bonchev–Trinajstić information content (AvgIpc) is 3.25. The second-order valence-corrected chi connectivity index (χ2v) is 11.6. The number of halogens is 1. The highest BCUT2D eigenvalue weighted by molar-refractivity contribution is 7.99. The van der Waals surface area contributed by atoms with E-state index in [9.17, 15) is 9.90 Å². The maximum absolute atomic E-state index is 11.6. The third-order valence-corrected chi connectivity index (χ3v) is 8.68. The van der Waals surface area contributed by atoms with Gasteiger partial charge in [-0.15, -0.1) is 0 Å². The number of nitrogens with one attached hydrogen (secondary N) is 1. The predicted octanol–water partition coefficient (Wildman–Crippen LogP) is 5.88. The molecule has 186 valence electrons. The summed E-state index contributed by atoms with van der Waals surface area (Å²) in [5, 5.41) is 10.1. The van der Waals surface area contributed by atoms with Crippen molar-refractivity contribution in [3.05, 3.63) is 35.4 Å². The van der Waals surface area contributed by atoms with Gasteiger partial charge in [-0.05, 0) is 63.6 Å². The average molecular weight is 515 g/mol. The molecule has 0 unspecified atom stereocenters. The Bertz CT molecular complexity index is 1200. The van der Waals surface area contributed by atoms with Crippen LogP contribution in [0.15, 0.2) is 30.3 Å². The molecule has 0 bridgehead atoms. The zero-order chi connectivity index (χ0) is 24.6. The molecule has 0 radical (unpaired) electrons. The number of carbonyl (C=O) groups is 1. The van der Waals surface area contributed by atoms with Crippen molar-refractivity contribution in [3.8, 4) is 17.3 Å². The van der Waals surface area contributed by atoms with Crippen LogP contribution in [0.5, 0.6) is 6.01 Å². The summed E-state index contributed by atoms with van der Waals surface area (Å²) in [5.74, 6) is 1.74. The van der Waals surface area contributed by atoms with Crippen molar-refractivity contribution in [1.82, 2.24) is 15.0 Å². The smallest absolute Gasteiger partial charge is 0.309 e. The summed E-state index contributed by atoms with van der Waals surface area (Å²) in [5.41, 5.74) is 3.47. The summed E-state index contributed by atoms with van der Waals surface area (Å²) in [6, 6.07) is 10.7. The molecule has 7 nitrogen and oxygen atoms in total. The van der Waals surface area contributed by atoms with Gasteiger partial charge in [-0.1, -0.05) is 23.7 Å². The van der Waals surface area contributed by atoms with Gasteiger partial charge in [0.05, 0.1) is 21.6 Å². The molecule has 1 aliphatic carbocycles. The number of fused-ring (bicyclic) bond motifs is 1. The molecule has 2 aliphatic rings. The van der Waals surface area contributed by atoms with Gasteiger partial charge in [0.1, 0.15) is 6.10 Å². The Morgan fingerprint density at radius 3 is 2.49 bits per heavy atom. The number of thioether (sulfide) groups is 1. The number of carboxylic acids is 1. The molecule has 2 fully saturated rings. The van der Waals surface area contributed by atoms with E-state index in [4.69, 9.17) is 21.3 Å². The van der Waals surface area contributed by atoms with E-state index < -0.39 is 11.4 Å². The minimum absolute atomic E-state index is 0.00656. The maximum atomic E-state index is 11.6. The van der Waals surface area contributed by atoms with Crippen molar-refractivity contribution < 1.29 is 14.6 Å². The fraction of sp³-hybridized carbons (Fsp3) is 0.500. The number of hydrogen-bond donors (Lipinski definition) is 2. The van der Waals surface area contributed by atoms with E-state index in [0.29, 0.717) is 22.4 Å². The van der Waals surface area contributed by atoms with E-state index in [2.05, 4.69) is 39.1 Å². The highest BCUT2D eigenvalue weighted by Gasteiger charge is 2.39. The van der Waals surface area contributed by atoms with Gasteiger partial charge in [0.2, 0.25) is 0 Å². The number of aromatic amines is 1. The molecule has 2 N–H and O–H groups in total. The van der Waals surface area contributed by atoms with Gasteiger partial charge in [-0.25, -0.2) is 4.98 Å². The minimum Gasteiger partial charge on any atom is -0.481 e. The summed E-state index contributed by atoms with van der Waals surface area (Å²) in [4.78, 5) is 26.5. The van der Waals surface area contributed by atoms with E-state index in [1.54, 1.807) is 0 Å². The predicted molar refractivity (Wildman–Crippen MR) is 142 cm³/mol. The molecule has 9 heteroatoms. The van der Waals surface area contributed by atoms with Crippen LogP contribution in [0.3, 0.4) is 0 Å². The first-order chi connectivity index (χ1) is 16.8. The molecule has 0 spiro atoms. The normalized spacial score (nSPS) is 21.3. The Kier molecular flexibility index (Phi) is 6.86. The quantitative estimate of drug-likeness (QED) is 0.424. The van der Waals surface area contributed by atoms with Crippen molar-refractivity contribution in [2.75, 3.05) is 29.5 Å². The third-order valence-electron chi connectivity index (χ3n) is 7.45. The van der Waals surface area contributed by atoms with Gasteiger partial charge in [0.15, 0.2) is 5.65 Å². The third kappa shape index (κ3) is 5.09. The number of aromatic nitrogens is 3. The Hall–Kier alpha value is -2.45. The number of carboxylic acid groups (broad SMARTS) is 1. The van der Waals surface area contributed by atoms with Crippen LogP contribution in [-0.4, -0.2) is 56.7 Å². The number of rotatable bonds is 6. The van der Waals surface area contributed by atoms with Gasteiger partial charge in [0.25, 0.3) is 6.01 Å². The van der Waals surface area contributed by atoms with Crippen molar-refractivity contribution in [2.24, 2.45) is 11.3 Å². The van der Waals surface area contributed by atoms with Crippen molar-refractivity contribution in [2.45, 2.75) is 45.6 Å². The van der Waals surface area contributed by atoms with Crippen LogP contribution < -0.4 is 9.64 Å². The van der Waals surface area contributed by atoms with Gasteiger partial charge in [-0.3, -0.25) is 4.79 Å². The van der Waals surface area contributed by atoms with E-state index in [1.165, 1.54) is 5.69 Å². The number of anilines is 1. The Morgan fingerprint density at radius 2 is 1.83 bits per heavy atom. The van der Waals surface area contributed by atoms with Gasteiger partial charge in [-0.2, -0.15) is 16.7 Å². The lowest BCUT2D eigenvalue weighted by Gasteiger charge is -2.36. The standard InChI is InChI=1S/C26H31ClN4O3S/c1-26(2,24(32)33)17-5-9-19(10-6-17)34-25-28-21-15-20(27)22(29-23(21)30-25)16-3-7-18(8-4-16)31-11-13-35-14-12-31/h3-4,7-8,15,17,19H,5-6,9-14H2,1-2H3,(H,32,33)(H,28,29,30)/t17-,19-. The van der Waals surface area contributed by atoms with Crippen molar-refractivity contribution in [3.63, 3.8) is 0 Å². The topological polar surface area (TPSA) is 91.3 Å². The zero-order valence-corrected chi connectivity index (χ0v) is 21.7. The fourth-order valence-electron chi connectivity index (χ4n) is 5.04. The van der Waals surface area contributed by atoms with E-state index >= 15 is 0 Å². The molecule has 35 heavy (non-hydrogen) atoms. The van der Waals surface area contributed by atoms with Crippen molar-refractivity contribution >= 4 is 46.2 Å². The van der Waals surface area contributed by atoms with Crippen LogP contribution in [0, 0.1) is 11.3 Å². The first-order valence-corrected chi connectivity index (χ1v) is 13.7. The summed E-state index contributed by atoms with van der Waals surface area (Å²) >= 11 is 8.60. The number of pyridine rings is 1. The lowest BCUT2D eigenvalue weighted by molar-refractivity contribution is -0.151. The van der Waals surface area contributed by atoms with Gasteiger partial charge < -0.3 is 19.7 Å². The van der Waals surface area contributed by atoms with Crippen LogP contribution in [0.1, 0.15) is 39.5 Å². The monoisotopic (exact) mass is 514 g/mol. The minimum atomic E-state index is -0.738.